The van der Waals surface area contributed by atoms with Gasteiger partial charge in [0, 0.05) is 10.6 Å². The second-order valence-electron chi connectivity index (χ2n) is 7.65. The van der Waals surface area contributed by atoms with Gasteiger partial charge in [0.15, 0.2) is 6.10 Å². The van der Waals surface area contributed by atoms with Gasteiger partial charge >= 0.3 is 0 Å². The lowest BCUT2D eigenvalue weighted by Gasteiger charge is -2.35. The minimum absolute atomic E-state index is 0.125. The maximum Gasteiger partial charge on any atom is 0.267 e. The molecule has 1 atom stereocenters. The Hall–Kier alpha value is -2.97. The first-order chi connectivity index (χ1) is 15.3. The highest BCUT2D eigenvalue weighted by molar-refractivity contribution is 7.98. The monoisotopic (exact) mass is 468 g/mol. The van der Waals surface area contributed by atoms with Gasteiger partial charge in [-0.05, 0) is 68.1 Å². The molecule has 0 aromatic heterocycles. The van der Waals surface area contributed by atoms with E-state index in [0.717, 1.165) is 16.0 Å². The van der Waals surface area contributed by atoms with Crippen LogP contribution in [-0.2, 0) is 14.8 Å². The van der Waals surface area contributed by atoms with Crippen molar-refractivity contribution in [1.82, 2.24) is 0 Å². The Bertz CT molecular complexity index is 1260. The summed E-state index contributed by atoms with van der Waals surface area (Å²) in [5.74, 6) is -0.0375. The summed E-state index contributed by atoms with van der Waals surface area (Å²) < 4.78 is 34.2. The molecule has 8 heteroatoms. The molecule has 6 nitrogen and oxygen atoms in total. The SMILES string of the molecule is CSc1cccc(NC(=O)[C@@H]2CN(S(=O)(=O)c3ccc(C)cc3)c3ccc(C)cc3O2)c1. The smallest absolute Gasteiger partial charge is 0.267 e. The maximum atomic E-state index is 13.5. The molecule has 166 valence electrons. The number of carbonyl (C=O) groups excluding carboxylic acids is 1. The molecule has 0 bridgehead atoms. The molecule has 0 unspecified atom stereocenters. The third-order valence-electron chi connectivity index (χ3n) is 5.22. The van der Waals surface area contributed by atoms with Crippen molar-refractivity contribution in [2.75, 3.05) is 22.4 Å². The number of sulfonamides is 1. The predicted octanol–water partition coefficient (Wildman–Crippen LogP) is 4.62. The molecule has 0 saturated carbocycles. The van der Waals surface area contributed by atoms with E-state index in [9.17, 15) is 13.2 Å². The van der Waals surface area contributed by atoms with Gasteiger partial charge in [0.1, 0.15) is 5.75 Å². The van der Waals surface area contributed by atoms with E-state index in [-0.39, 0.29) is 11.4 Å². The minimum Gasteiger partial charge on any atom is -0.476 e. The molecular formula is C24H24N2O4S2. The Morgan fingerprint density at radius 1 is 1.03 bits per heavy atom. The van der Waals surface area contributed by atoms with Gasteiger partial charge < -0.3 is 10.1 Å². The van der Waals surface area contributed by atoms with Crippen LogP contribution in [-0.4, -0.2) is 33.2 Å². The highest BCUT2D eigenvalue weighted by atomic mass is 32.2. The zero-order valence-electron chi connectivity index (χ0n) is 18.0. The molecular weight excluding hydrogens is 444 g/mol. The average Bonchev–Trinajstić information content (AvgIpc) is 2.78. The molecule has 0 saturated heterocycles. The number of amides is 1. The lowest BCUT2D eigenvalue weighted by Crippen LogP contribution is -2.48. The van der Waals surface area contributed by atoms with Gasteiger partial charge in [0.2, 0.25) is 0 Å². The fourth-order valence-electron chi connectivity index (χ4n) is 3.49. The zero-order valence-corrected chi connectivity index (χ0v) is 19.7. The summed E-state index contributed by atoms with van der Waals surface area (Å²) in [5, 5.41) is 2.85. The molecule has 0 aliphatic carbocycles. The number of benzene rings is 3. The molecule has 0 radical (unpaired) electrons. The Morgan fingerprint density at radius 3 is 2.47 bits per heavy atom. The van der Waals surface area contributed by atoms with Gasteiger partial charge in [-0.3, -0.25) is 9.10 Å². The van der Waals surface area contributed by atoms with Crippen molar-refractivity contribution in [3.05, 3.63) is 77.9 Å². The van der Waals surface area contributed by atoms with Gasteiger partial charge in [-0.1, -0.05) is 29.8 Å². The fourth-order valence-corrected chi connectivity index (χ4v) is 5.42. The number of hydrogen-bond acceptors (Lipinski definition) is 5. The summed E-state index contributed by atoms with van der Waals surface area (Å²) in [6.07, 6.45) is 0.959. The number of carbonyl (C=O) groups is 1. The van der Waals surface area contributed by atoms with Gasteiger partial charge in [0.05, 0.1) is 17.1 Å². The minimum atomic E-state index is -3.89. The van der Waals surface area contributed by atoms with Crippen molar-refractivity contribution in [3.8, 4) is 5.75 Å². The Labute approximate surface area is 192 Å². The number of aryl methyl sites for hydroxylation is 2. The van der Waals surface area contributed by atoms with Crippen LogP contribution in [0.1, 0.15) is 11.1 Å². The molecule has 1 N–H and O–H groups in total. The van der Waals surface area contributed by atoms with E-state index in [2.05, 4.69) is 5.32 Å². The van der Waals surface area contributed by atoms with Crippen molar-refractivity contribution >= 4 is 39.1 Å². The summed E-state index contributed by atoms with van der Waals surface area (Å²) in [6, 6.07) is 19.4. The van der Waals surface area contributed by atoms with Crippen molar-refractivity contribution in [2.24, 2.45) is 0 Å². The number of rotatable bonds is 5. The van der Waals surface area contributed by atoms with Crippen LogP contribution < -0.4 is 14.4 Å². The molecule has 1 aliphatic heterocycles. The quantitative estimate of drug-likeness (QED) is 0.553. The van der Waals surface area contributed by atoms with E-state index in [1.54, 1.807) is 54.2 Å². The Balaban J connectivity index is 1.68. The molecule has 0 fully saturated rings. The summed E-state index contributed by atoms with van der Waals surface area (Å²) in [7, 11) is -3.89. The lowest BCUT2D eigenvalue weighted by atomic mass is 10.1. The van der Waals surface area contributed by atoms with Gasteiger partial charge in [-0.25, -0.2) is 8.42 Å². The van der Waals surface area contributed by atoms with Gasteiger partial charge in [-0.2, -0.15) is 0 Å². The van der Waals surface area contributed by atoms with E-state index in [0.29, 0.717) is 17.1 Å². The van der Waals surface area contributed by atoms with Crippen LogP contribution in [0.25, 0.3) is 0 Å². The van der Waals surface area contributed by atoms with Crippen molar-refractivity contribution < 1.29 is 17.9 Å². The van der Waals surface area contributed by atoms with Gasteiger partial charge in [0.25, 0.3) is 15.9 Å². The standard InChI is InChI=1S/C24H24N2O4S2/c1-16-7-10-20(11-8-16)32(28,29)26-15-23(30-22-13-17(2)9-12-21(22)26)24(27)25-18-5-4-6-19(14-18)31-3/h4-14,23H,15H2,1-3H3,(H,25,27)/t23-/m0/s1. The van der Waals surface area contributed by atoms with Crippen LogP contribution in [0.3, 0.4) is 0 Å². The first-order valence-corrected chi connectivity index (χ1v) is 12.8. The maximum absolute atomic E-state index is 13.5. The van der Waals surface area contributed by atoms with Gasteiger partial charge in [-0.15, -0.1) is 11.8 Å². The summed E-state index contributed by atoms with van der Waals surface area (Å²) >= 11 is 1.57. The molecule has 1 aliphatic rings. The predicted molar refractivity (Wildman–Crippen MR) is 128 cm³/mol. The highest BCUT2D eigenvalue weighted by Crippen LogP contribution is 2.38. The summed E-state index contributed by atoms with van der Waals surface area (Å²) in [4.78, 5) is 14.2. The molecule has 0 spiro atoms. The Morgan fingerprint density at radius 2 is 1.75 bits per heavy atom. The first kappa shape index (κ1) is 22.2. The van der Waals surface area contributed by atoms with Crippen LogP contribution in [0, 0.1) is 13.8 Å². The van der Waals surface area contributed by atoms with Crippen LogP contribution in [0.4, 0.5) is 11.4 Å². The number of fused-ring (bicyclic) bond motifs is 1. The van der Waals surface area contributed by atoms with Crippen LogP contribution in [0.5, 0.6) is 5.75 Å². The van der Waals surface area contributed by atoms with E-state index < -0.39 is 22.0 Å². The largest absolute Gasteiger partial charge is 0.476 e. The number of ether oxygens (including phenoxy) is 1. The highest BCUT2D eigenvalue weighted by Gasteiger charge is 2.37. The molecule has 3 aromatic rings. The number of thioether (sulfide) groups is 1. The van der Waals surface area contributed by atoms with E-state index in [4.69, 9.17) is 4.74 Å². The molecule has 32 heavy (non-hydrogen) atoms. The van der Waals surface area contributed by atoms with Crippen LogP contribution >= 0.6 is 11.8 Å². The second-order valence-corrected chi connectivity index (χ2v) is 10.4. The fraction of sp³-hybridized carbons (Fsp3) is 0.208. The molecule has 3 aromatic carbocycles. The van der Waals surface area contributed by atoms with Crippen LogP contribution in [0.15, 0.2) is 76.5 Å². The van der Waals surface area contributed by atoms with Crippen molar-refractivity contribution in [1.29, 1.82) is 0 Å². The first-order valence-electron chi connectivity index (χ1n) is 10.1. The topological polar surface area (TPSA) is 75.7 Å². The van der Waals surface area contributed by atoms with Crippen molar-refractivity contribution in [3.63, 3.8) is 0 Å². The molecule has 1 amide bonds. The van der Waals surface area contributed by atoms with E-state index in [1.807, 2.05) is 44.4 Å². The zero-order chi connectivity index (χ0) is 22.9. The third kappa shape index (κ3) is 4.47. The average molecular weight is 469 g/mol. The van der Waals surface area contributed by atoms with Crippen LogP contribution in [0.2, 0.25) is 0 Å². The Kier molecular flexibility index (Phi) is 6.17. The second kappa shape index (κ2) is 8.88. The van der Waals surface area contributed by atoms with E-state index >= 15 is 0 Å². The lowest BCUT2D eigenvalue weighted by molar-refractivity contribution is -0.122. The summed E-state index contributed by atoms with van der Waals surface area (Å²) in [5.41, 5.74) is 2.93. The van der Waals surface area contributed by atoms with Crippen molar-refractivity contribution in [2.45, 2.75) is 29.7 Å². The molecule has 4 rings (SSSR count). The third-order valence-corrected chi connectivity index (χ3v) is 7.74. The number of nitrogens with zero attached hydrogens (tertiary/aromatic N) is 1. The number of hydrogen-bond donors (Lipinski definition) is 1. The summed E-state index contributed by atoms with van der Waals surface area (Å²) in [6.45, 7) is 3.66. The number of anilines is 2. The normalized spacial score (nSPS) is 15.6. The molecule has 1 heterocycles. The van der Waals surface area contributed by atoms with E-state index in [1.165, 1.54) is 4.31 Å². The number of nitrogens with one attached hydrogen (secondary N) is 1.